The summed E-state index contributed by atoms with van der Waals surface area (Å²) in [4.78, 5) is 0. The molecule has 0 N–H and O–H groups in total. The maximum Gasteiger partial charge on any atom is -0.0244 e. The minimum atomic E-state index is 1.07. The molecule has 2 rings (SSSR count). The van der Waals surface area contributed by atoms with Crippen LogP contribution in [0.5, 0.6) is 0 Å². The Hall–Kier alpha value is -2.08. The van der Waals surface area contributed by atoms with E-state index in [1.54, 1.807) is 0 Å². The summed E-state index contributed by atoms with van der Waals surface area (Å²) in [6.45, 7) is 11.6. The first-order valence-corrected chi connectivity index (χ1v) is 7.01. The van der Waals surface area contributed by atoms with Gasteiger partial charge in [0.25, 0.3) is 0 Å². The van der Waals surface area contributed by atoms with Crippen LogP contribution in [0.3, 0.4) is 0 Å². The lowest BCUT2D eigenvalue weighted by Crippen LogP contribution is -1.83. The zero-order valence-corrected chi connectivity index (χ0v) is 12.6. The Morgan fingerprint density at radius 3 is 2.15 bits per heavy atom. The molecule has 0 aliphatic heterocycles. The van der Waals surface area contributed by atoms with Gasteiger partial charge in [-0.05, 0) is 37.8 Å². The lowest BCUT2D eigenvalue weighted by molar-refractivity contribution is 1.00. The van der Waals surface area contributed by atoms with Gasteiger partial charge >= 0.3 is 0 Å². The average molecular weight is 264 g/mol. The molecule has 0 radical (unpaired) electrons. The Bertz CT molecular complexity index is 532. The molecule has 20 heavy (non-hydrogen) atoms. The molecule has 2 aromatic rings. The van der Waals surface area contributed by atoms with Gasteiger partial charge in [-0.3, -0.25) is 0 Å². The highest BCUT2D eigenvalue weighted by molar-refractivity contribution is 5.46. The molecule has 104 valence electrons. The molecule has 0 saturated carbocycles. The zero-order chi connectivity index (χ0) is 14.8. The van der Waals surface area contributed by atoms with E-state index in [4.69, 9.17) is 0 Å². The second kappa shape index (κ2) is 8.92. The van der Waals surface area contributed by atoms with Crippen molar-refractivity contribution in [3.05, 3.63) is 90.0 Å². The fourth-order valence-electron chi connectivity index (χ4n) is 1.84. The van der Waals surface area contributed by atoms with Crippen LogP contribution in [0.1, 0.15) is 28.7 Å². The van der Waals surface area contributed by atoms with Gasteiger partial charge in [0.2, 0.25) is 0 Å². The fourth-order valence-corrected chi connectivity index (χ4v) is 1.84. The highest BCUT2D eigenvalue weighted by Gasteiger charge is 1.89. The summed E-state index contributed by atoms with van der Waals surface area (Å²) in [6, 6.07) is 16.9. The van der Waals surface area contributed by atoms with E-state index >= 15 is 0 Å². The van der Waals surface area contributed by atoms with Crippen LogP contribution in [-0.2, 0) is 6.42 Å². The Labute approximate surface area is 123 Å². The van der Waals surface area contributed by atoms with E-state index in [9.17, 15) is 0 Å². The molecule has 0 spiro atoms. The number of hydrogen-bond acceptors (Lipinski definition) is 0. The topological polar surface area (TPSA) is 0 Å². The van der Waals surface area contributed by atoms with Gasteiger partial charge in [-0.2, -0.15) is 0 Å². The van der Waals surface area contributed by atoms with Gasteiger partial charge in [-0.25, -0.2) is 0 Å². The molecule has 0 aliphatic carbocycles. The molecule has 0 heterocycles. The lowest BCUT2D eigenvalue weighted by Gasteiger charge is -1.98. The van der Waals surface area contributed by atoms with Crippen LogP contribution in [-0.4, -0.2) is 0 Å². The first-order chi connectivity index (χ1) is 9.65. The largest absolute Gasteiger partial charge is 0.103 e. The van der Waals surface area contributed by atoms with Crippen LogP contribution >= 0.6 is 0 Å². The van der Waals surface area contributed by atoms with Crippen molar-refractivity contribution in [3.63, 3.8) is 0 Å². The van der Waals surface area contributed by atoms with Crippen molar-refractivity contribution in [1.82, 2.24) is 0 Å². The number of benzene rings is 2. The summed E-state index contributed by atoms with van der Waals surface area (Å²) < 4.78 is 0. The van der Waals surface area contributed by atoms with Crippen molar-refractivity contribution in [2.75, 3.05) is 0 Å². The third-order valence-corrected chi connectivity index (χ3v) is 3.03. The summed E-state index contributed by atoms with van der Waals surface area (Å²) in [7, 11) is 0. The van der Waals surface area contributed by atoms with Crippen molar-refractivity contribution < 1.29 is 0 Å². The number of allylic oxidation sites excluding steroid dienone is 1. The summed E-state index contributed by atoms with van der Waals surface area (Å²) >= 11 is 0. The third-order valence-electron chi connectivity index (χ3n) is 3.03. The van der Waals surface area contributed by atoms with Gasteiger partial charge in [-0.15, -0.1) is 6.58 Å². The normalized spacial score (nSPS) is 9.30. The molecule has 0 bridgehead atoms. The van der Waals surface area contributed by atoms with E-state index in [0.29, 0.717) is 0 Å². The van der Waals surface area contributed by atoms with Gasteiger partial charge in [0.05, 0.1) is 0 Å². The maximum atomic E-state index is 3.70. The second-order valence-electron chi connectivity index (χ2n) is 4.93. The second-order valence-corrected chi connectivity index (χ2v) is 4.93. The molecule has 0 nitrogen and oxygen atoms in total. The van der Waals surface area contributed by atoms with Crippen LogP contribution in [0.25, 0.3) is 6.08 Å². The SMILES string of the molecule is C=CCCc1cccc(C)c1.C=Cc1ccc(C)cc1. The highest BCUT2D eigenvalue weighted by Crippen LogP contribution is 2.06. The first-order valence-electron chi connectivity index (χ1n) is 7.01. The van der Waals surface area contributed by atoms with Crippen molar-refractivity contribution in [1.29, 1.82) is 0 Å². The first kappa shape index (κ1) is 16.0. The Kier molecular flexibility index (Phi) is 7.13. The van der Waals surface area contributed by atoms with Crippen LogP contribution in [0.15, 0.2) is 67.8 Å². The quantitative estimate of drug-likeness (QED) is 0.617. The molecule has 0 atom stereocenters. The highest BCUT2D eigenvalue weighted by atomic mass is 14.0. The molecular formula is C20H24. The fraction of sp³-hybridized carbons (Fsp3) is 0.200. The van der Waals surface area contributed by atoms with E-state index in [1.165, 1.54) is 22.3 Å². The molecule has 0 aromatic heterocycles. The minimum absolute atomic E-state index is 1.07. The Morgan fingerprint density at radius 2 is 1.60 bits per heavy atom. The van der Waals surface area contributed by atoms with Crippen molar-refractivity contribution in [3.8, 4) is 0 Å². The Morgan fingerprint density at radius 1 is 0.900 bits per heavy atom. The predicted octanol–water partition coefficient (Wildman–Crippen LogP) is 5.75. The van der Waals surface area contributed by atoms with Crippen LogP contribution < -0.4 is 0 Å². The third kappa shape index (κ3) is 6.19. The van der Waals surface area contributed by atoms with Crippen molar-refractivity contribution in [2.45, 2.75) is 26.7 Å². The van der Waals surface area contributed by atoms with E-state index in [-0.39, 0.29) is 0 Å². The number of rotatable bonds is 4. The van der Waals surface area contributed by atoms with Gasteiger partial charge in [0, 0.05) is 0 Å². The summed E-state index contributed by atoms with van der Waals surface area (Å²) in [6.07, 6.45) is 6.00. The minimum Gasteiger partial charge on any atom is -0.103 e. The number of aryl methyl sites for hydroxylation is 3. The van der Waals surface area contributed by atoms with Crippen molar-refractivity contribution >= 4 is 6.08 Å². The van der Waals surface area contributed by atoms with Crippen molar-refractivity contribution in [2.24, 2.45) is 0 Å². The molecular weight excluding hydrogens is 240 g/mol. The average Bonchev–Trinajstić information content (AvgIpc) is 2.47. The molecule has 0 heteroatoms. The standard InChI is InChI=1S/C11H14.C9H10/c1-3-4-7-11-8-5-6-10(2)9-11;1-3-9-6-4-8(2)5-7-9/h3,5-6,8-9H,1,4,7H2,2H3;3-7H,1H2,2H3. The zero-order valence-electron chi connectivity index (χ0n) is 12.6. The van der Waals surface area contributed by atoms with Gasteiger partial charge < -0.3 is 0 Å². The lowest BCUT2D eigenvalue weighted by atomic mass is 10.1. The summed E-state index contributed by atoms with van der Waals surface area (Å²) in [5.41, 5.74) is 5.22. The smallest absolute Gasteiger partial charge is 0.0244 e. The van der Waals surface area contributed by atoms with Gasteiger partial charge in [0.1, 0.15) is 0 Å². The van der Waals surface area contributed by atoms with Crippen LogP contribution in [0.4, 0.5) is 0 Å². The molecule has 0 saturated heterocycles. The van der Waals surface area contributed by atoms with Gasteiger partial charge in [0.15, 0.2) is 0 Å². The van der Waals surface area contributed by atoms with E-state index < -0.39 is 0 Å². The molecule has 2 aromatic carbocycles. The molecule has 0 unspecified atom stereocenters. The van der Waals surface area contributed by atoms with Crippen LogP contribution in [0.2, 0.25) is 0 Å². The molecule has 0 amide bonds. The van der Waals surface area contributed by atoms with E-state index in [0.717, 1.165) is 12.8 Å². The predicted molar refractivity (Wildman–Crippen MR) is 91.0 cm³/mol. The van der Waals surface area contributed by atoms with Crippen LogP contribution in [0, 0.1) is 13.8 Å². The molecule has 0 fully saturated rings. The van der Waals surface area contributed by atoms with Gasteiger partial charge in [-0.1, -0.05) is 78.4 Å². The molecule has 0 aliphatic rings. The summed E-state index contributed by atoms with van der Waals surface area (Å²) in [5.74, 6) is 0. The number of hydrogen-bond donors (Lipinski definition) is 0. The summed E-state index contributed by atoms with van der Waals surface area (Å²) in [5, 5.41) is 0. The monoisotopic (exact) mass is 264 g/mol. The van der Waals surface area contributed by atoms with E-state index in [2.05, 4.69) is 75.5 Å². The maximum absolute atomic E-state index is 3.70. The Balaban J connectivity index is 0.000000204. The van der Waals surface area contributed by atoms with E-state index in [1.807, 2.05) is 12.2 Å².